The molecule has 0 unspecified atom stereocenters. The van der Waals surface area contributed by atoms with E-state index in [-0.39, 0.29) is 18.1 Å². The Bertz CT molecular complexity index is 1340. The fraction of sp³-hybridized carbons (Fsp3) is 0.385. The summed E-state index contributed by atoms with van der Waals surface area (Å²) in [5.74, 6) is 1.09. The first kappa shape index (κ1) is 28.1. The van der Waals surface area contributed by atoms with Crippen molar-refractivity contribution >= 4 is 61.6 Å². The molecule has 10 heteroatoms. The van der Waals surface area contributed by atoms with Crippen LogP contribution in [-0.2, 0) is 9.53 Å². The van der Waals surface area contributed by atoms with Gasteiger partial charge in [0, 0.05) is 10.4 Å². The molecule has 0 amide bonds. The second-order valence-corrected chi connectivity index (χ2v) is 10.2. The Morgan fingerprint density at radius 3 is 2.61 bits per heavy atom. The predicted molar refractivity (Wildman–Crippen MR) is 152 cm³/mol. The summed E-state index contributed by atoms with van der Waals surface area (Å²) in [4.78, 5) is 30.2. The number of rotatable bonds is 10. The molecule has 0 spiro atoms. The van der Waals surface area contributed by atoms with Gasteiger partial charge in [-0.25, -0.2) is 9.78 Å². The van der Waals surface area contributed by atoms with Crippen LogP contribution in [-0.4, -0.2) is 41.2 Å². The van der Waals surface area contributed by atoms with Crippen LogP contribution >= 0.6 is 38.5 Å². The largest absolute Gasteiger partial charge is 0.490 e. The van der Waals surface area contributed by atoms with E-state index >= 15 is 0 Å². The molecule has 1 heterocycles. The van der Waals surface area contributed by atoms with Gasteiger partial charge in [0.05, 0.1) is 33.9 Å². The summed E-state index contributed by atoms with van der Waals surface area (Å²) in [6, 6.07) is 9.06. The van der Waals surface area contributed by atoms with E-state index in [1.807, 2.05) is 39.0 Å². The molecule has 0 radical (unpaired) electrons. The Morgan fingerprint density at radius 1 is 1.19 bits per heavy atom. The van der Waals surface area contributed by atoms with Crippen LogP contribution in [0.15, 0.2) is 44.7 Å². The summed E-state index contributed by atoms with van der Waals surface area (Å²) >= 11 is 5.55. The van der Waals surface area contributed by atoms with Gasteiger partial charge in [0.15, 0.2) is 17.6 Å². The summed E-state index contributed by atoms with van der Waals surface area (Å²) in [6.45, 7) is 9.98. The van der Waals surface area contributed by atoms with E-state index < -0.39 is 12.1 Å². The minimum absolute atomic E-state index is 0.0298. The second kappa shape index (κ2) is 12.7. The topological polar surface area (TPSA) is 92.0 Å². The molecule has 0 saturated heterocycles. The van der Waals surface area contributed by atoms with Crippen LogP contribution in [0.3, 0.4) is 0 Å². The molecule has 192 valence electrons. The van der Waals surface area contributed by atoms with Crippen molar-refractivity contribution in [2.45, 2.75) is 53.1 Å². The minimum Gasteiger partial charge on any atom is -0.490 e. The number of aromatic nitrogens is 2. The van der Waals surface area contributed by atoms with Gasteiger partial charge < -0.3 is 14.2 Å². The smallest absolute Gasteiger partial charge is 0.347 e. The number of carbonyl (C=O) groups is 1. The maximum absolute atomic E-state index is 13.4. The molecular weight excluding hydrogens is 641 g/mol. The van der Waals surface area contributed by atoms with E-state index in [4.69, 9.17) is 19.2 Å². The normalized spacial score (nSPS) is 13.1. The van der Waals surface area contributed by atoms with Crippen molar-refractivity contribution < 1.29 is 19.0 Å². The summed E-state index contributed by atoms with van der Waals surface area (Å²) in [7, 11) is 0. The number of carbonyl (C=O) groups excluding carboxylic acids is 1. The van der Waals surface area contributed by atoms with Gasteiger partial charge in [-0.3, -0.25) is 4.79 Å². The Labute approximate surface area is 232 Å². The van der Waals surface area contributed by atoms with Gasteiger partial charge in [0.1, 0.15) is 5.82 Å². The number of nitrogens with zero attached hydrogens (tertiary/aromatic N) is 3. The summed E-state index contributed by atoms with van der Waals surface area (Å²) in [6.07, 6.45) is 1.61. The van der Waals surface area contributed by atoms with Crippen molar-refractivity contribution in [1.29, 1.82) is 0 Å². The van der Waals surface area contributed by atoms with Gasteiger partial charge in [-0.1, -0.05) is 29.8 Å². The highest BCUT2D eigenvalue weighted by molar-refractivity contribution is 14.1. The molecule has 2 atom stereocenters. The van der Waals surface area contributed by atoms with Gasteiger partial charge in [0.2, 0.25) is 0 Å². The molecule has 0 aliphatic rings. The fourth-order valence-corrected chi connectivity index (χ4v) is 4.54. The third-order valence-corrected chi connectivity index (χ3v) is 6.75. The highest BCUT2D eigenvalue weighted by Crippen LogP contribution is 2.35. The third kappa shape index (κ3) is 6.44. The molecule has 0 N–H and O–H groups in total. The molecule has 0 aliphatic carbocycles. The quantitative estimate of drug-likeness (QED) is 0.152. The first-order valence-corrected chi connectivity index (χ1v) is 13.6. The van der Waals surface area contributed by atoms with E-state index in [0.717, 1.165) is 14.5 Å². The summed E-state index contributed by atoms with van der Waals surface area (Å²) in [5, 5.41) is 5.02. The highest BCUT2D eigenvalue weighted by atomic mass is 127. The van der Waals surface area contributed by atoms with Gasteiger partial charge in [-0.15, -0.1) is 0 Å². The van der Waals surface area contributed by atoms with Crippen molar-refractivity contribution in [3.63, 3.8) is 0 Å². The molecule has 0 fully saturated rings. The van der Waals surface area contributed by atoms with E-state index in [2.05, 4.69) is 43.6 Å². The van der Waals surface area contributed by atoms with E-state index in [1.54, 1.807) is 32.2 Å². The zero-order chi connectivity index (χ0) is 26.4. The lowest BCUT2D eigenvalue weighted by Gasteiger charge is -2.18. The van der Waals surface area contributed by atoms with Crippen LogP contribution in [0, 0.1) is 3.57 Å². The van der Waals surface area contributed by atoms with Crippen LogP contribution in [0.2, 0.25) is 0 Å². The molecule has 2 aromatic carbocycles. The van der Waals surface area contributed by atoms with Crippen LogP contribution in [0.1, 0.15) is 58.3 Å². The van der Waals surface area contributed by atoms with Gasteiger partial charge >= 0.3 is 5.97 Å². The first-order chi connectivity index (χ1) is 17.2. The number of esters is 1. The number of hydrogen-bond donors (Lipinski definition) is 0. The zero-order valence-corrected chi connectivity index (χ0v) is 24.6. The van der Waals surface area contributed by atoms with Crippen molar-refractivity contribution in [3.05, 3.63) is 60.1 Å². The van der Waals surface area contributed by atoms with Gasteiger partial charge in [-0.2, -0.15) is 9.78 Å². The molecule has 0 saturated carbocycles. The van der Waals surface area contributed by atoms with Crippen LogP contribution < -0.4 is 15.0 Å². The lowest BCUT2D eigenvalue weighted by atomic mass is 10.1. The first-order valence-electron chi connectivity index (χ1n) is 11.8. The Kier molecular flexibility index (Phi) is 9.89. The Morgan fingerprint density at radius 2 is 1.94 bits per heavy atom. The van der Waals surface area contributed by atoms with E-state index in [1.165, 1.54) is 4.68 Å². The maximum Gasteiger partial charge on any atom is 0.347 e. The maximum atomic E-state index is 13.4. The lowest BCUT2D eigenvalue weighted by Crippen LogP contribution is -2.26. The number of benzene rings is 2. The summed E-state index contributed by atoms with van der Waals surface area (Å²) in [5.41, 5.74) is 1.10. The van der Waals surface area contributed by atoms with Crippen molar-refractivity contribution in [2.75, 3.05) is 13.2 Å². The van der Waals surface area contributed by atoms with Crippen molar-refractivity contribution in [2.24, 2.45) is 5.10 Å². The second-order valence-electron chi connectivity index (χ2n) is 8.08. The number of hydrogen-bond acceptors (Lipinski definition) is 7. The standard InChI is InChI=1S/C26H29BrIN3O5/c1-6-15(4)24-30-21-10-9-18(27)13-19(21)25(32)31(24)29-14-17-11-20(28)23(22(12-17)34-7-2)36-16(5)26(33)35-8-3/h9-16H,6-8H2,1-5H3/t15-,16-/m0/s1. The minimum atomic E-state index is -0.795. The summed E-state index contributed by atoms with van der Waals surface area (Å²) < 4.78 is 19.6. The number of fused-ring (bicyclic) bond motifs is 1. The average molecular weight is 670 g/mol. The monoisotopic (exact) mass is 669 g/mol. The predicted octanol–water partition coefficient (Wildman–Crippen LogP) is 5.89. The van der Waals surface area contributed by atoms with Crippen molar-refractivity contribution in [3.8, 4) is 11.5 Å². The molecule has 1 aromatic heterocycles. The third-order valence-electron chi connectivity index (χ3n) is 5.45. The molecule has 3 rings (SSSR count). The Hall–Kier alpha value is -2.47. The van der Waals surface area contributed by atoms with Crippen molar-refractivity contribution in [1.82, 2.24) is 9.66 Å². The fourth-order valence-electron chi connectivity index (χ4n) is 3.43. The van der Waals surface area contributed by atoms with Gasteiger partial charge in [-0.05, 0) is 85.7 Å². The van der Waals surface area contributed by atoms with Crippen LogP contribution in [0.25, 0.3) is 10.9 Å². The average Bonchev–Trinajstić information content (AvgIpc) is 2.85. The van der Waals surface area contributed by atoms with E-state index in [0.29, 0.717) is 40.4 Å². The SMILES string of the molecule is CCOC(=O)[C@H](C)Oc1c(I)cc(C=Nn2c([C@@H](C)CC)nc3ccc(Br)cc3c2=O)cc1OCC. The van der Waals surface area contributed by atoms with Crippen LogP contribution in [0.4, 0.5) is 0 Å². The molecule has 3 aromatic rings. The lowest BCUT2D eigenvalue weighted by molar-refractivity contribution is -0.150. The molecule has 8 nitrogen and oxygen atoms in total. The highest BCUT2D eigenvalue weighted by Gasteiger charge is 2.21. The molecule has 0 aliphatic heterocycles. The molecule has 0 bridgehead atoms. The Balaban J connectivity index is 2.06. The zero-order valence-electron chi connectivity index (χ0n) is 20.9. The van der Waals surface area contributed by atoms with Gasteiger partial charge in [0.25, 0.3) is 5.56 Å². The molecular formula is C26H29BrIN3O5. The number of ether oxygens (including phenoxy) is 3. The molecule has 36 heavy (non-hydrogen) atoms. The van der Waals surface area contributed by atoms with E-state index in [9.17, 15) is 9.59 Å². The van der Waals surface area contributed by atoms with Crippen LogP contribution in [0.5, 0.6) is 11.5 Å². The number of halogens is 2.